The molecule has 3 aromatic rings. The Labute approximate surface area is 150 Å². The number of aryl methyl sites for hydroxylation is 1. The predicted molar refractivity (Wildman–Crippen MR) is 99.9 cm³/mol. The molecule has 0 atom stereocenters. The number of hydrogen-bond donors (Lipinski definition) is 2. The average molecular weight is 347 g/mol. The molecule has 0 unspecified atom stereocenters. The molecular formula is C21H17NO4. The molecule has 0 aliphatic carbocycles. The maximum Gasteiger partial charge on any atom is 0.328 e. The number of rotatable bonds is 5. The molecule has 1 aromatic heterocycles. The van der Waals surface area contributed by atoms with Crippen molar-refractivity contribution in [3.05, 3.63) is 83.8 Å². The second kappa shape index (κ2) is 7.53. The molecule has 1 heterocycles. The lowest BCUT2D eigenvalue weighted by molar-refractivity contribution is -0.131. The Bertz CT molecular complexity index is 971. The molecule has 3 rings (SSSR count). The zero-order valence-electron chi connectivity index (χ0n) is 14.1. The fourth-order valence-corrected chi connectivity index (χ4v) is 2.58. The summed E-state index contributed by atoms with van der Waals surface area (Å²) in [4.78, 5) is 23.1. The molecule has 0 radical (unpaired) electrons. The number of aliphatic carboxylic acids is 1. The number of carboxylic acid groups (broad SMARTS) is 1. The first kappa shape index (κ1) is 17.2. The van der Waals surface area contributed by atoms with Gasteiger partial charge in [0.05, 0.1) is 0 Å². The smallest absolute Gasteiger partial charge is 0.328 e. The molecule has 1 amide bonds. The van der Waals surface area contributed by atoms with Crippen LogP contribution in [0.2, 0.25) is 0 Å². The van der Waals surface area contributed by atoms with Crippen LogP contribution in [0.4, 0.5) is 5.69 Å². The zero-order valence-corrected chi connectivity index (χ0v) is 14.1. The molecule has 5 nitrogen and oxygen atoms in total. The largest absolute Gasteiger partial charge is 0.478 e. The van der Waals surface area contributed by atoms with Gasteiger partial charge >= 0.3 is 5.97 Å². The minimum absolute atomic E-state index is 0.216. The average Bonchev–Trinajstić information content (AvgIpc) is 3.03. The van der Waals surface area contributed by atoms with Gasteiger partial charge in [-0.2, -0.15) is 0 Å². The topological polar surface area (TPSA) is 79.5 Å². The maximum atomic E-state index is 12.5. The Balaban J connectivity index is 1.79. The van der Waals surface area contributed by atoms with Crippen LogP contribution < -0.4 is 5.32 Å². The van der Waals surface area contributed by atoms with Crippen molar-refractivity contribution in [2.45, 2.75) is 6.92 Å². The minimum Gasteiger partial charge on any atom is -0.478 e. The Morgan fingerprint density at radius 1 is 1.04 bits per heavy atom. The van der Waals surface area contributed by atoms with Crippen molar-refractivity contribution >= 4 is 23.6 Å². The molecule has 2 aromatic carbocycles. The molecule has 0 saturated heterocycles. The Hall–Kier alpha value is -3.60. The van der Waals surface area contributed by atoms with Gasteiger partial charge in [0.1, 0.15) is 5.76 Å². The molecule has 0 spiro atoms. The number of carboxylic acids is 1. The Morgan fingerprint density at radius 3 is 2.54 bits per heavy atom. The van der Waals surface area contributed by atoms with Crippen molar-refractivity contribution in [3.8, 4) is 11.1 Å². The highest BCUT2D eigenvalue weighted by molar-refractivity contribution is 6.03. The molecule has 0 saturated carbocycles. The summed E-state index contributed by atoms with van der Waals surface area (Å²) in [5, 5.41) is 11.5. The van der Waals surface area contributed by atoms with Crippen LogP contribution >= 0.6 is 0 Å². The van der Waals surface area contributed by atoms with Gasteiger partial charge in [0.25, 0.3) is 5.91 Å². The number of amides is 1. The number of anilines is 1. The number of carbonyl (C=O) groups is 2. The van der Waals surface area contributed by atoms with Crippen molar-refractivity contribution < 1.29 is 19.1 Å². The normalized spacial score (nSPS) is 10.8. The van der Waals surface area contributed by atoms with Gasteiger partial charge < -0.3 is 14.8 Å². The van der Waals surface area contributed by atoms with Crippen molar-refractivity contribution in [1.82, 2.24) is 0 Å². The Kier molecular flexibility index (Phi) is 4.99. The highest BCUT2D eigenvalue weighted by atomic mass is 16.4. The van der Waals surface area contributed by atoms with Crippen molar-refractivity contribution in [1.29, 1.82) is 0 Å². The number of hydrogen-bond acceptors (Lipinski definition) is 3. The van der Waals surface area contributed by atoms with Gasteiger partial charge in [0, 0.05) is 17.3 Å². The van der Waals surface area contributed by atoms with Gasteiger partial charge in [0.2, 0.25) is 0 Å². The van der Waals surface area contributed by atoms with Crippen LogP contribution in [0.15, 0.2) is 71.2 Å². The monoisotopic (exact) mass is 347 g/mol. The van der Waals surface area contributed by atoms with E-state index >= 15 is 0 Å². The van der Waals surface area contributed by atoms with E-state index in [1.807, 2.05) is 37.3 Å². The van der Waals surface area contributed by atoms with E-state index < -0.39 is 5.97 Å². The zero-order chi connectivity index (χ0) is 18.5. The van der Waals surface area contributed by atoms with Gasteiger partial charge in [-0.05, 0) is 42.3 Å². The first-order valence-electron chi connectivity index (χ1n) is 8.01. The predicted octanol–water partition coefficient (Wildman–Crippen LogP) is 4.61. The van der Waals surface area contributed by atoms with Gasteiger partial charge in [-0.15, -0.1) is 0 Å². The summed E-state index contributed by atoms with van der Waals surface area (Å²) in [5.74, 6) is -0.513. The summed E-state index contributed by atoms with van der Waals surface area (Å²) in [5.41, 5.74) is 3.08. The van der Waals surface area contributed by atoms with Crippen LogP contribution in [0.5, 0.6) is 0 Å². The van der Waals surface area contributed by atoms with E-state index in [1.54, 1.807) is 30.3 Å². The fourth-order valence-electron chi connectivity index (χ4n) is 2.58. The van der Waals surface area contributed by atoms with Gasteiger partial charge in [0.15, 0.2) is 5.76 Å². The number of nitrogens with one attached hydrogen (secondary N) is 1. The summed E-state index contributed by atoms with van der Waals surface area (Å²) in [6.07, 6.45) is 2.51. The summed E-state index contributed by atoms with van der Waals surface area (Å²) in [7, 11) is 0. The molecule has 2 N–H and O–H groups in total. The molecular weight excluding hydrogens is 330 g/mol. The molecule has 26 heavy (non-hydrogen) atoms. The number of carbonyl (C=O) groups excluding carboxylic acids is 1. The van der Waals surface area contributed by atoms with E-state index in [9.17, 15) is 9.59 Å². The van der Waals surface area contributed by atoms with Crippen LogP contribution in [0.1, 0.15) is 21.9 Å². The van der Waals surface area contributed by atoms with Crippen LogP contribution in [0, 0.1) is 6.92 Å². The third-order valence-corrected chi connectivity index (χ3v) is 3.79. The lowest BCUT2D eigenvalue weighted by atomic mass is 10.1. The van der Waals surface area contributed by atoms with Gasteiger partial charge in [-0.25, -0.2) is 4.79 Å². The van der Waals surface area contributed by atoms with E-state index in [-0.39, 0.29) is 11.7 Å². The molecule has 0 aliphatic rings. The van der Waals surface area contributed by atoms with Crippen LogP contribution in [0.3, 0.4) is 0 Å². The van der Waals surface area contributed by atoms with E-state index in [0.717, 1.165) is 17.2 Å². The van der Waals surface area contributed by atoms with Gasteiger partial charge in [-0.1, -0.05) is 42.5 Å². The van der Waals surface area contributed by atoms with Crippen LogP contribution in [-0.4, -0.2) is 17.0 Å². The highest BCUT2D eigenvalue weighted by Crippen LogP contribution is 2.27. The Morgan fingerprint density at radius 2 is 1.81 bits per heavy atom. The number of furan rings is 1. The van der Waals surface area contributed by atoms with Crippen LogP contribution in [-0.2, 0) is 4.79 Å². The second-order valence-corrected chi connectivity index (χ2v) is 5.70. The third kappa shape index (κ3) is 4.08. The van der Waals surface area contributed by atoms with E-state index in [4.69, 9.17) is 9.52 Å². The van der Waals surface area contributed by atoms with Crippen molar-refractivity contribution in [2.24, 2.45) is 0 Å². The molecule has 5 heteroatoms. The third-order valence-electron chi connectivity index (χ3n) is 3.79. The standard InChI is InChI=1S/C21H17NO4/c1-14-18(16-7-3-2-4-8-16)13-19(26-14)21(25)22-17-9-5-6-15(12-17)10-11-20(23)24/h2-13H,1H3,(H,22,25)(H,23,24)/b11-10+. The van der Waals surface area contributed by atoms with Gasteiger partial charge in [-0.3, -0.25) is 4.79 Å². The minimum atomic E-state index is -1.03. The first-order valence-corrected chi connectivity index (χ1v) is 8.01. The van der Waals surface area contributed by atoms with E-state index in [0.29, 0.717) is 17.0 Å². The van der Waals surface area contributed by atoms with E-state index in [1.165, 1.54) is 6.08 Å². The lowest BCUT2D eigenvalue weighted by Gasteiger charge is -2.04. The van der Waals surface area contributed by atoms with Crippen molar-refractivity contribution in [2.75, 3.05) is 5.32 Å². The van der Waals surface area contributed by atoms with E-state index in [2.05, 4.69) is 5.32 Å². The summed E-state index contributed by atoms with van der Waals surface area (Å²) >= 11 is 0. The second-order valence-electron chi connectivity index (χ2n) is 5.70. The van der Waals surface area contributed by atoms with Crippen LogP contribution in [0.25, 0.3) is 17.2 Å². The first-order chi connectivity index (χ1) is 12.5. The molecule has 130 valence electrons. The summed E-state index contributed by atoms with van der Waals surface area (Å²) in [6.45, 7) is 1.82. The maximum absolute atomic E-state index is 12.5. The number of benzene rings is 2. The summed E-state index contributed by atoms with van der Waals surface area (Å²) in [6, 6.07) is 18.3. The SMILES string of the molecule is Cc1oc(C(=O)Nc2cccc(/C=C/C(=O)O)c2)cc1-c1ccccc1. The quantitative estimate of drug-likeness (QED) is 0.661. The molecule has 0 fully saturated rings. The molecule has 0 aliphatic heterocycles. The lowest BCUT2D eigenvalue weighted by Crippen LogP contribution is -2.10. The highest BCUT2D eigenvalue weighted by Gasteiger charge is 2.15. The van der Waals surface area contributed by atoms with Crippen molar-refractivity contribution in [3.63, 3.8) is 0 Å². The summed E-state index contributed by atoms with van der Waals surface area (Å²) < 4.78 is 5.61. The fraction of sp³-hybridized carbons (Fsp3) is 0.0476. The molecule has 0 bridgehead atoms.